The Kier molecular flexibility index (Phi) is 6.87. The van der Waals surface area contributed by atoms with E-state index in [2.05, 4.69) is 15.3 Å². The lowest BCUT2D eigenvalue weighted by Crippen LogP contribution is -2.46. The summed E-state index contributed by atoms with van der Waals surface area (Å²) in [5.41, 5.74) is -1.25. The largest absolute Gasteiger partial charge is 0.390 e. The van der Waals surface area contributed by atoms with Crippen LogP contribution < -0.4 is 5.32 Å². The Balaban J connectivity index is 1.63. The molecule has 178 valence electrons. The van der Waals surface area contributed by atoms with E-state index in [0.29, 0.717) is 5.56 Å². The second kappa shape index (κ2) is 9.84. The zero-order valence-electron chi connectivity index (χ0n) is 17.5. The Morgan fingerprint density at radius 2 is 1.82 bits per heavy atom. The van der Waals surface area contributed by atoms with E-state index < -0.39 is 65.7 Å². The normalized spacial score (nSPS) is 22.4. The van der Waals surface area contributed by atoms with Crippen molar-refractivity contribution in [1.82, 2.24) is 9.97 Å². The highest BCUT2D eigenvalue weighted by atomic mass is 19.1. The summed E-state index contributed by atoms with van der Waals surface area (Å²) in [6.45, 7) is -1.03. The highest BCUT2D eigenvalue weighted by molar-refractivity contribution is 6.03. The Morgan fingerprint density at radius 3 is 2.53 bits per heavy atom. The van der Waals surface area contributed by atoms with E-state index in [4.69, 9.17) is 4.74 Å². The molecule has 1 aliphatic heterocycles. The standard InChI is InChI=1S/C23H19F4N3O4/c24-9-19-22(32)17(31)8-18(34-19)11-6-7-28-10-16(11)30-23(33)15-5-4-14(27)21(29-15)20-12(25)2-1-3-13(20)26/h1-7,10,17-19,22,31-32H,8-9H2,(H,30,33)/t17-,18-,19-,22+/m1/s1. The fraction of sp³-hybridized carbons (Fsp3) is 0.261. The van der Waals surface area contributed by atoms with Gasteiger partial charge in [0.1, 0.15) is 47.7 Å². The van der Waals surface area contributed by atoms with E-state index in [1.807, 2.05) is 0 Å². The second-order valence-corrected chi connectivity index (χ2v) is 7.65. The number of carbonyl (C=O) groups is 1. The summed E-state index contributed by atoms with van der Waals surface area (Å²) in [6.07, 6.45) is -2.19. The number of anilines is 1. The first kappa shape index (κ1) is 23.7. The summed E-state index contributed by atoms with van der Waals surface area (Å²) < 4.78 is 61.4. The Bertz CT molecular complexity index is 1190. The predicted molar refractivity (Wildman–Crippen MR) is 112 cm³/mol. The van der Waals surface area contributed by atoms with Crippen LogP contribution in [0.15, 0.2) is 48.8 Å². The highest BCUT2D eigenvalue weighted by Crippen LogP contribution is 2.35. The molecule has 11 heteroatoms. The molecule has 0 spiro atoms. The monoisotopic (exact) mass is 477 g/mol. The predicted octanol–water partition coefficient (Wildman–Crippen LogP) is 3.33. The van der Waals surface area contributed by atoms with E-state index in [1.54, 1.807) is 0 Å². The number of halogens is 4. The number of hydrogen-bond donors (Lipinski definition) is 3. The molecule has 0 saturated carbocycles. The number of amides is 1. The average molecular weight is 477 g/mol. The number of nitrogens with zero attached hydrogens (tertiary/aromatic N) is 2. The number of alkyl halides is 1. The molecule has 1 amide bonds. The number of aliphatic hydroxyl groups is 2. The highest BCUT2D eigenvalue weighted by Gasteiger charge is 2.38. The van der Waals surface area contributed by atoms with Gasteiger partial charge in [0.25, 0.3) is 5.91 Å². The van der Waals surface area contributed by atoms with Crippen LogP contribution in [-0.4, -0.2) is 51.1 Å². The van der Waals surface area contributed by atoms with Crippen LogP contribution in [0.1, 0.15) is 28.6 Å². The first-order valence-electron chi connectivity index (χ1n) is 10.2. The molecule has 1 aromatic carbocycles. The summed E-state index contributed by atoms with van der Waals surface area (Å²) in [5.74, 6) is -3.96. The van der Waals surface area contributed by atoms with Crippen molar-refractivity contribution in [3.63, 3.8) is 0 Å². The van der Waals surface area contributed by atoms with E-state index >= 15 is 0 Å². The summed E-state index contributed by atoms with van der Waals surface area (Å²) in [6, 6.07) is 6.38. The molecule has 4 rings (SSSR count). The van der Waals surface area contributed by atoms with Crippen molar-refractivity contribution in [2.75, 3.05) is 12.0 Å². The summed E-state index contributed by atoms with van der Waals surface area (Å²) in [5, 5.41) is 22.4. The number of aromatic nitrogens is 2. The number of ether oxygens (including phenoxy) is 1. The van der Waals surface area contributed by atoms with Gasteiger partial charge < -0.3 is 20.3 Å². The molecule has 4 atom stereocenters. The van der Waals surface area contributed by atoms with Gasteiger partial charge >= 0.3 is 0 Å². The van der Waals surface area contributed by atoms with Crippen LogP contribution in [0.4, 0.5) is 23.2 Å². The Labute approximate surface area is 191 Å². The van der Waals surface area contributed by atoms with Crippen molar-refractivity contribution in [3.05, 3.63) is 77.5 Å². The minimum absolute atomic E-state index is 0.0734. The van der Waals surface area contributed by atoms with E-state index in [0.717, 1.165) is 30.3 Å². The summed E-state index contributed by atoms with van der Waals surface area (Å²) >= 11 is 0. The van der Waals surface area contributed by atoms with Crippen molar-refractivity contribution in [1.29, 1.82) is 0 Å². The molecule has 3 N–H and O–H groups in total. The molecule has 3 heterocycles. The third-order valence-corrected chi connectivity index (χ3v) is 5.45. The fourth-order valence-corrected chi connectivity index (χ4v) is 3.73. The molecule has 1 fully saturated rings. The van der Waals surface area contributed by atoms with Crippen molar-refractivity contribution < 1.29 is 37.3 Å². The van der Waals surface area contributed by atoms with Gasteiger partial charge in [0.15, 0.2) is 0 Å². The summed E-state index contributed by atoms with van der Waals surface area (Å²) in [4.78, 5) is 20.6. The van der Waals surface area contributed by atoms with E-state index in [-0.39, 0.29) is 17.8 Å². The molecular weight excluding hydrogens is 458 g/mol. The topological polar surface area (TPSA) is 105 Å². The zero-order chi connectivity index (χ0) is 24.4. The van der Waals surface area contributed by atoms with E-state index in [1.165, 1.54) is 18.5 Å². The van der Waals surface area contributed by atoms with Gasteiger partial charge in [-0.1, -0.05) is 6.07 Å². The van der Waals surface area contributed by atoms with Crippen LogP contribution in [0.25, 0.3) is 11.3 Å². The Hall–Kier alpha value is -3.41. The Morgan fingerprint density at radius 1 is 1.09 bits per heavy atom. The lowest BCUT2D eigenvalue weighted by molar-refractivity contribution is -0.174. The lowest BCUT2D eigenvalue weighted by Gasteiger charge is -2.36. The molecule has 0 aliphatic carbocycles. The van der Waals surface area contributed by atoms with Gasteiger partial charge in [0.05, 0.1) is 29.7 Å². The molecule has 2 aromatic heterocycles. The molecular formula is C23H19F4N3O4. The molecule has 1 saturated heterocycles. The number of rotatable bonds is 5. The van der Waals surface area contributed by atoms with Gasteiger partial charge in [-0.2, -0.15) is 0 Å². The number of hydrogen-bond acceptors (Lipinski definition) is 6. The zero-order valence-corrected chi connectivity index (χ0v) is 17.5. The smallest absolute Gasteiger partial charge is 0.274 e. The number of benzene rings is 1. The van der Waals surface area contributed by atoms with Gasteiger partial charge in [-0.25, -0.2) is 22.5 Å². The maximum absolute atomic E-state index is 14.3. The molecule has 0 bridgehead atoms. The number of nitrogens with one attached hydrogen (secondary N) is 1. The SMILES string of the molecule is O=C(Nc1cnccc1[C@H]1C[C@@H](O)[C@H](O)[C@@H](CF)O1)c1ccc(F)c(-c2c(F)cccc2F)n1. The molecule has 1 aliphatic rings. The van der Waals surface area contributed by atoms with Crippen LogP contribution in [0.3, 0.4) is 0 Å². The minimum Gasteiger partial charge on any atom is -0.390 e. The minimum atomic E-state index is -1.40. The maximum Gasteiger partial charge on any atom is 0.274 e. The van der Waals surface area contributed by atoms with Crippen molar-refractivity contribution in [2.24, 2.45) is 0 Å². The molecule has 3 aromatic rings. The third kappa shape index (κ3) is 4.63. The van der Waals surface area contributed by atoms with Gasteiger partial charge in [0.2, 0.25) is 0 Å². The van der Waals surface area contributed by atoms with Gasteiger partial charge in [-0.05, 0) is 30.3 Å². The van der Waals surface area contributed by atoms with Crippen LogP contribution >= 0.6 is 0 Å². The molecule has 7 nitrogen and oxygen atoms in total. The summed E-state index contributed by atoms with van der Waals surface area (Å²) in [7, 11) is 0. The average Bonchev–Trinajstić information content (AvgIpc) is 2.82. The quantitative estimate of drug-likeness (QED) is 0.487. The van der Waals surface area contributed by atoms with Crippen LogP contribution in [-0.2, 0) is 4.74 Å². The van der Waals surface area contributed by atoms with Gasteiger partial charge in [-0.15, -0.1) is 0 Å². The molecule has 0 radical (unpaired) electrons. The third-order valence-electron chi connectivity index (χ3n) is 5.45. The lowest BCUT2D eigenvalue weighted by atomic mass is 9.94. The molecule has 0 unspecified atom stereocenters. The van der Waals surface area contributed by atoms with Crippen LogP contribution in [0.2, 0.25) is 0 Å². The maximum atomic E-state index is 14.3. The number of aliphatic hydroxyl groups excluding tert-OH is 2. The van der Waals surface area contributed by atoms with Crippen molar-refractivity contribution >= 4 is 11.6 Å². The van der Waals surface area contributed by atoms with E-state index in [9.17, 15) is 32.6 Å². The second-order valence-electron chi connectivity index (χ2n) is 7.65. The van der Waals surface area contributed by atoms with Crippen molar-refractivity contribution in [3.8, 4) is 11.3 Å². The number of carbonyl (C=O) groups excluding carboxylic acids is 1. The van der Waals surface area contributed by atoms with Gasteiger partial charge in [-0.3, -0.25) is 9.78 Å². The van der Waals surface area contributed by atoms with Crippen LogP contribution in [0, 0.1) is 17.5 Å². The number of pyridine rings is 2. The fourth-order valence-electron chi connectivity index (χ4n) is 3.73. The first-order chi connectivity index (χ1) is 16.3. The first-order valence-corrected chi connectivity index (χ1v) is 10.2. The molecule has 34 heavy (non-hydrogen) atoms. The van der Waals surface area contributed by atoms with Crippen molar-refractivity contribution in [2.45, 2.75) is 30.8 Å². The van der Waals surface area contributed by atoms with Gasteiger partial charge in [0, 0.05) is 18.2 Å². The van der Waals surface area contributed by atoms with Crippen LogP contribution in [0.5, 0.6) is 0 Å².